The zero-order chi connectivity index (χ0) is 20.4. The minimum atomic E-state index is -1.17. The highest BCUT2D eigenvalue weighted by molar-refractivity contribution is 6.04. The summed E-state index contributed by atoms with van der Waals surface area (Å²) in [5, 5.41) is 22.7. The number of benzene rings is 2. The zero-order valence-electron chi connectivity index (χ0n) is 15.3. The van der Waals surface area contributed by atoms with Crippen LogP contribution in [0.15, 0.2) is 53.1 Å². The van der Waals surface area contributed by atoms with Crippen LogP contribution in [0.5, 0.6) is 5.75 Å². The predicted molar refractivity (Wildman–Crippen MR) is 103 cm³/mol. The minimum absolute atomic E-state index is 0.130. The molecule has 4 aromatic rings. The number of hydrogen-bond acceptors (Lipinski definition) is 6. The van der Waals surface area contributed by atoms with Crippen molar-refractivity contribution in [2.45, 2.75) is 6.54 Å². The monoisotopic (exact) mass is 392 g/mol. The van der Waals surface area contributed by atoms with Gasteiger partial charge in [0.2, 0.25) is 0 Å². The van der Waals surface area contributed by atoms with Crippen molar-refractivity contribution in [3.05, 3.63) is 65.5 Å². The van der Waals surface area contributed by atoms with Crippen LogP contribution in [0, 0.1) is 0 Å². The second-order valence-electron chi connectivity index (χ2n) is 6.23. The van der Waals surface area contributed by atoms with E-state index in [1.54, 1.807) is 25.3 Å². The number of aromatic amines is 1. The zero-order valence-corrected chi connectivity index (χ0v) is 15.3. The number of carbonyl (C=O) groups excluding carboxylic acids is 1. The third-order valence-corrected chi connectivity index (χ3v) is 4.38. The van der Waals surface area contributed by atoms with Crippen molar-refractivity contribution < 1.29 is 24.0 Å². The van der Waals surface area contributed by atoms with Crippen molar-refractivity contribution in [2.75, 3.05) is 7.11 Å². The number of hydrogen-bond donors (Lipinski definition) is 3. The Labute approximate surface area is 164 Å². The van der Waals surface area contributed by atoms with Crippen molar-refractivity contribution >= 4 is 22.8 Å². The van der Waals surface area contributed by atoms with E-state index in [0.29, 0.717) is 33.7 Å². The van der Waals surface area contributed by atoms with E-state index in [0.717, 1.165) is 5.56 Å². The molecule has 0 saturated heterocycles. The summed E-state index contributed by atoms with van der Waals surface area (Å²) in [6.07, 6.45) is 0. The minimum Gasteiger partial charge on any atom is -0.497 e. The number of H-pyrrole nitrogens is 1. The molecular weight excluding hydrogens is 376 g/mol. The number of fused-ring (bicyclic) bond motifs is 1. The molecule has 9 heteroatoms. The van der Waals surface area contributed by atoms with Crippen molar-refractivity contribution in [3.63, 3.8) is 0 Å². The Bertz CT molecular complexity index is 1210. The van der Waals surface area contributed by atoms with Crippen LogP contribution in [0.1, 0.15) is 26.6 Å². The number of aromatic nitrogens is 3. The van der Waals surface area contributed by atoms with Crippen LogP contribution in [0.4, 0.5) is 0 Å². The van der Waals surface area contributed by atoms with Gasteiger partial charge in [-0.15, -0.1) is 0 Å². The maximum atomic E-state index is 12.5. The number of nitrogens with zero attached hydrogens (tertiary/aromatic N) is 2. The van der Waals surface area contributed by atoms with Crippen LogP contribution in [-0.2, 0) is 6.54 Å². The summed E-state index contributed by atoms with van der Waals surface area (Å²) in [6, 6.07) is 13.8. The average Bonchev–Trinajstić information content (AvgIpc) is 3.38. The van der Waals surface area contributed by atoms with E-state index >= 15 is 0 Å². The van der Waals surface area contributed by atoms with Gasteiger partial charge in [0.15, 0.2) is 11.5 Å². The highest BCUT2D eigenvalue weighted by Gasteiger charge is 2.16. The molecule has 0 aliphatic rings. The number of aromatic carboxylic acids is 1. The second kappa shape index (κ2) is 7.47. The fraction of sp³-hybridized carbons (Fsp3) is 0.100. The van der Waals surface area contributed by atoms with Gasteiger partial charge in [0.25, 0.3) is 5.91 Å². The smallest absolute Gasteiger partial charge is 0.357 e. The standard InChI is InChI=1S/C20H16N4O5/c1-28-13-4-2-3-11(7-13)17-9-14(29-24-17)10-21-19(25)12-5-6-16-15(8-12)18(20(26)27)23-22-16/h2-9H,10H2,1H3,(H,21,25)(H,22,23)(H,26,27). The van der Waals surface area contributed by atoms with Gasteiger partial charge in [-0.3, -0.25) is 9.89 Å². The number of amides is 1. The number of carbonyl (C=O) groups is 2. The van der Waals surface area contributed by atoms with Crippen LogP contribution in [0.25, 0.3) is 22.2 Å². The first-order valence-electron chi connectivity index (χ1n) is 8.65. The number of carboxylic acid groups (broad SMARTS) is 1. The highest BCUT2D eigenvalue weighted by atomic mass is 16.5. The summed E-state index contributed by atoms with van der Waals surface area (Å²) in [6.45, 7) is 0.130. The average molecular weight is 392 g/mol. The maximum absolute atomic E-state index is 12.5. The van der Waals surface area contributed by atoms with Crippen LogP contribution < -0.4 is 10.1 Å². The Morgan fingerprint density at radius 3 is 2.86 bits per heavy atom. The van der Waals surface area contributed by atoms with E-state index in [-0.39, 0.29) is 18.1 Å². The first kappa shape index (κ1) is 18.2. The Morgan fingerprint density at radius 2 is 2.07 bits per heavy atom. The summed E-state index contributed by atoms with van der Waals surface area (Å²) in [7, 11) is 1.59. The lowest BCUT2D eigenvalue weighted by Crippen LogP contribution is -2.22. The predicted octanol–water partition coefficient (Wildman–Crippen LogP) is 2.85. The van der Waals surface area contributed by atoms with Gasteiger partial charge < -0.3 is 19.7 Å². The lowest BCUT2D eigenvalue weighted by atomic mass is 10.1. The van der Waals surface area contributed by atoms with E-state index < -0.39 is 5.97 Å². The third kappa shape index (κ3) is 3.65. The Morgan fingerprint density at radius 1 is 1.21 bits per heavy atom. The molecule has 1 amide bonds. The van der Waals surface area contributed by atoms with Crippen molar-refractivity contribution in [1.82, 2.24) is 20.7 Å². The fourth-order valence-corrected chi connectivity index (χ4v) is 2.90. The Kier molecular flexibility index (Phi) is 4.70. The molecule has 0 bridgehead atoms. The van der Waals surface area contributed by atoms with Crippen LogP contribution in [0.3, 0.4) is 0 Å². The molecule has 0 atom stereocenters. The van der Waals surface area contributed by atoms with Gasteiger partial charge in [-0.05, 0) is 30.3 Å². The Hall–Kier alpha value is -4.14. The second-order valence-corrected chi connectivity index (χ2v) is 6.23. The molecule has 0 radical (unpaired) electrons. The normalized spacial score (nSPS) is 10.8. The molecule has 0 aliphatic heterocycles. The van der Waals surface area contributed by atoms with Crippen molar-refractivity contribution in [3.8, 4) is 17.0 Å². The van der Waals surface area contributed by atoms with Gasteiger partial charge in [-0.25, -0.2) is 4.79 Å². The number of carboxylic acids is 1. The summed E-state index contributed by atoms with van der Waals surface area (Å²) in [5.41, 5.74) is 2.18. The van der Waals surface area contributed by atoms with E-state index in [2.05, 4.69) is 20.7 Å². The maximum Gasteiger partial charge on any atom is 0.357 e. The number of methoxy groups -OCH3 is 1. The molecule has 0 aliphatic carbocycles. The van der Waals surface area contributed by atoms with Crippen molar-refractivity contribution in [1.29, 1.82) is 0 Å². The molecule has 2 heterocycles. The lowest BCUT2D eigenvalue weighted by Gasteiger charge is -2.03. The number of nitrogens with one attached hydrogen (secondary N) is 2. The summed E-state index contributed by atoms with van der Waals surface area (Å²) >= 11 is 0. The van der Waals surface area contributed by atoms with Gasteiger partial charge in [0, 0.05) is 22.6 Å². The number of ether oxygens (including phenoxy) is 1. The highest BCUT2D eigenvalue weighted by Crippen LogP contribution is 2.23. The van der Waals surface area contributed by atoms with E-state index in [1.807, 2.05) is 24.3 Å². The van der Waals surface area contributed by atoms with Crippen LogP contribution in [-0.4, -0.2) is 39.4 Å². The van der Waals surface area contributed by atoms with E-state index in [4.69, 9.17) is 9.26 Å². The lowest BCUT2D eigenvalue weighted by molar-refractivity contribution is 0.0692. The first-order chi connectivity index (χ1) is 14.0. The van der Waals surface area contributed by atoms with Gasteiger partial charge in [-0.2, -0.15) is 5.10 Å². The molecule has 0 fully saturated rings. The molecule has 29 heavy (non-hydrogen) atoms. The van der Waals surface area contributed by atoms with Gasteiger partial charge in [-0.1, -0.05) is 17.3 Å². The molecule has 2 aromatic carbocycles. The largest absolute Gasteiger partial charge is 0.497 e. The topological polar surface area (TPSA) is 130 Å². The molecule has 0 spiro atoms. The molecule has 9 nitrogen and oxygen atoms in total. The van der Waals surface area contributed by atoms with E-state index in [1.165, 1.54) is 6.07 Å². The fourth-order valence-electron chi connectivity index (χ4n) is 2.90. The van der Waals surface area contributed by atoms with E-state index in [9.17, 15) is 14.7 Å². The van der Waals surface area contributed by atoms with Crippen molar-refractivity contribution in [2.24, 2.45) is 0 Å². The SMILES string of the molecule is COc1cccc(-c2cc(CNC(=O)c3ccc4[nH]nc(C(=O)O)c4c3)on2)c1. The summed E-state index contributed by atoms with van der Waals surface area (Å²) in [4.78, 5) is 23.7. The van der Waals surface area contributed by atoms with Crippen LogP contribution in [0.2, 0.25) is 0 Å². The van der Waals surface area contributed by atoms with Gasteiger partial charge in [0.1, 0.15) is 11.4 Å². The molecule has 0 saturated carbocycles. The summed E-state index contributed by atoms with van der Waals surface area (Å²) < 4.78 is 10.5. The van der Waals surface area contributed by atoms with Crippen LogP contribution >= 0.6 is 0 Å². The quantitative estimate of drug-likeness (QED) is 0.460. The molecule has 0 unspecified atom stereocenters. The third-order valence-electron chi connectivity index (χ3n) is 4.38. The first-order valence-corrected chi connectivity index (χ1v) is 8.65. The molecule has 146 valence electrons. The van der Waals surface area contributed by atoms with Gasteiger partial charge in [0.05, 0.1) is 19.2 Å². The van der Waals surface area contributed by atoms with Gasteiger partial charge >= 0.3 is 5.97 Å². The number of rotatable bonds is 6. The molecule has 2 aromatic heterocycles. The Balaban J connectivity index is 1.47. The summed E-state index contributed by atoms with van der Waals surface area (Å²) in [5.74, 6) is -0.355. The molecule has 4 rings (SSSR count). The molecule has 3 N–H and O–H groups in total. The molecular formula is C20H16N4O5.